The zero-order valence-corrected chi connectivity index (χ0v) is 11.1. The molecule has 2 heterocycles. The van der Waals surface area contributed by atoms with E-state index < -0.39 is 11.4 Å². The van der Waals surface area contributed by atoms with Crippen molar-refractivity contribution >= 4 is 17.3 Å². The van der Waals surface area contributed by atoms with Crippen molar-refractivity contribution in [3.05, 3.63) is 51.2 Å². The molecule has 0 amide bonds. The Balaban J connectivity index is 1.96. The van der Waals surface area contributed by atoms with Gasteiger partial charge in [-0.2, -0.15) is 5.10 Å². The van der Waals surface area contributed by atoms with Crippen LogP contribution in [0.5, 0.6) is 5.75 Å². The van der Waals surface area contributed by atoms with Gasteiger partial charge in [0.2, 0.25) is 0 Å². The molecule has 0 radical (unpaired) electrons. The highest BCUT2D eigenvalue weighted by molar-refractivity contribution is 6.32. The van der Waals surface area contributed by atoms with E-state index in [1.165, 1.54) is 12.3 Å². The van der Waals surface area contributed by atoms with Gasteiger partial charge in [-0.1, -0.05) is 23.7 Å². The number of benzene rings is 1. The lowest BCUT2D eigenvalue weighted by Crippen LogP contribution is -2.22. The number of ether oxygens (including phenoxy) is 1. The molecule has 1 aliphatic rings. The smallest absolute Gasteiger partial charge is 0.285 e. The van der Waals surface area contributed by atoms with Crippen LogP contribution < -0.4 is 15.6 Å². The SMILES string of the molecule is O=c1[nH]ncc(N[C@H]2CCOc3c(F)cccc32)c1Cl. The van der Waals surface area contributed by atoms with E-state index in [0.717, 1.165) is 0 Å². The normalized spacial score (nSPS) is 17.2. The molecule has 0 spiro atoms. The summed E-state index contributed by atoms with van der Waals surface area (Å²) < 4.78 is 19.0. The molecule has 2 N–H and O–H groups in total. The summed E-state index contributed by atoms with van der Waals surface area (Å²) in [5.41, 5.74) is 0.647. The van der Waals surface area contributed by atoms with Gasteiger partial charge in [0.05, 0.1) is 24.5 Å². The number of para-hydroxylation sites is 1. The summed E-state index contributed by atoms with van der Waals surface area (Å²) in [5.74, 6) is -0.158. The minimum Gasteiger partial charge on any atom is -0.490 e. The summed E-state index contributed by atoms with van der Waals surface area (Å²) in [4.78, 5) is 11.4. The molecule has 5 nitrogen and oxygen atoms in total. The second kappa shape index (κ2) is 5.13. The lowest BCUT2D eigenvalue weighted by Gasteiger charge is -2.27. The summed E-state index contributed by atoms with van der Waals surface area (Å²) >= 11 is 5.92. The van der Waals surface area contributed by atoms with Gasteiger partial charge >= 0.3 is 0 Å². The van der Waals surface area contributed by atoms with Crippen LogP contribution in [-0.4, -0.2) is 16.8 Å². The van der Waals surface area contributed by atoms with Crippen molar-refractivity contribution in [2.75, 3.05) is 11.9 Å². The molecule has 7 heteroatoms. The van der Waals surface area contributed by atoms with Crippen LogP contribution in [0.3, 0.4) is 0 Å². The molecule has 104 valence electrons. The molecule has 0 unspecified atom stereocenters. The predicted molar refractivity (Wildman–Crippen MR) is 72.7 cm³/mol. The maximum atomic E-state index is 13.7. The number of rotatable bonds is 2. The fourth-order valence-electron chi connectivity index (χ4n) is 2.21. The van der Waals surface area contributed by atoms with Gasteiger partial charge in [0, 0.05) is 12.0 Å². The van der Waals surface area contributed by atoms with E-state index in [1.54, 1.807) is 12.1 Å². The third kappa shape index (κ3) is 2.22. The largest absolute Gasteiger partial charge is 0.490 e. The van der Waals surface area contributed by atoms with E-state index in [9.17, 15) is 9.18 Å². The van der Waals surface area contributed by atoms with Crippen LogP contribution in [0.15, 0.2) is 29.2 Å². The van der Waals surface area contributed by atoms with Crippen LogP contribution >= 0.6 is 11.6 Å². The number of hydrogen-bond acceptors (Lipinski definition) is 4. The fourth-order valence-corrected chi connectivity index (χ4v) is 2.35. The maximum Gasteiger partial charge on any atom is 0.285 e. The van der Waals surface area contributed by atoms with Gasteiger partial charge in [0.15, 0.2) is 11.6 Å². The first-order valence-corrected chi connectivity index (χ1v) is 6.45. The highest BCUT2D eigenvalue weighted by Crippen LogP contribution is 2.36. The van der Waals surface area contributed by atoms with E-state index in [0.29, 0.717) is 24.3 Å². The van der Waals surface area contributed by atoms with Crippen LogP contribution in [-0.2, 0) is 0 Å². The zero-order valence-electron chi connectivity index (χ0n) is 10.3. The van der Waals surface area contributed by atoms with Gasteiger partial charge in [-0.05, 0) is 6.07 Å². The molecule has 0 aliphatic carbocycles. The third-order valence-electron chi connectivity index (χ3n) is 3.15. The molecule has 1 aliphatic heterocycles. The van der Waals surface area contributed by atoms with Crippen LogP contribution in [0, 0.1) is 5.82 Å². The molecule has 0 saturated heterocycles. The van der Waals surface area contributed by atoms with Crippen molar-refractivity contribution in [2.24, 2.45) is 0 Å². The average molecular weight is 296 g/mol. The van der Waals surface area contributed by atoms with Gasteiger partial charge in [0.1, 0.15) is 5.02 Å². The van der Waals surface area contributed by atoms with Crippen LogP contribution in [0.1, 0.15) is 18.0 Å². The lowest BCUT2D eigenvalue weighted by molar-refractivity contribution is 0.260. The number of aromatic amines is 1. The minimum atomic E-state index is -0.469. The van der Waals surface area contributed by atoms with Gasteiger partial charge in [-0.15, -0.1) is 0 Å². The molecule has 0 saturated carbocycles. The first kappa shape index (κ1) is 12.9. The van der Waals surface area contributed by atoms with E-state index in [1.807, 2.05) is 0 Å². The van der Waals surface area contributed by atoms with Crippen molar-refractivity contribution in [3.8, 4) is 5.75 Å². The van der Waals surface area contributed by atoms with E-state index in [2.05, 4.69) is 15.5 Å². The summed E-state index contributed by atoms with van der Waals surface area (Å²) in [6.45, 7) is 0.389. The van der Waals surface area contributed by atoms with E-state index in [4.69, 9.17) is 16.3 Å². The Morgan fingerprint density at radius 2 is 2.35 bits per heavy atom. The standard InChI is InChI=1S/C13H11ClFN3O2/c14-11-10(6-16-18-13(11)19)17-9-4-5-20-12-7(9)2-1-3-8(12)15/h1-3,6,9H,4-5H2,(H2,17,18,19)/t9-/m0/s1. The fraction of sp³-hybridized carbons (Fsp3) is 0.231. The number of nitrogens with one attached hydrogen (secondary N) is 2. The van der Waals surface area contributed by atoms with Gasteiger partial charge < -0.3 is 10.1 Å². The van der Waals surface area contributed by atoms with Crippen LogP contribution in [0.4, 0.5) is 10.1 Å². The molecular weight excluding hydrogens is 285 g/mol. The Bertz CT molecular complexity index is 704. The number of aromatic nitrogens is 2. The Labute approximate surface area is 118 Å². The molecule has 1 atom stereocenters. The molecule has 0 bridgehead atoms. The highest BCUT2D eigenvalue weighted by Gasteiger charge is 2.24. The summed E-state index contributed by atoms with van der Waals surface area (Å²) in [6, 6.07) is 4.57. The summed E-state index contributed by atoms with van der Waals surface area (Å²) in [5, 5.41) is 9.08. The molecule has 1 aromatic carbocycles. The van der Waals surface area contributed by atoms with Gasteiger partial charge in [0.25, 0.3) is 5.56 Å². The number of fused-ring (bicyclic) bond motifs is 1. The monoisotopic (exact) mass is 295 g/mol. The average Bonchev–Trinajstić information content (AvgIpc) is 2.45. The van der Waals surface area contributed by atoms with Crippen molar-refractivity contribution < 1.29 is 9.13 Å². The molecule has 2 aromatic rings. The van der Waals surface area contributed by atoms with Crippen molar-refractivity contribution in [1.29, 1.82) is 0 Å². The van der Waals surface area contributed by atoms with Gasteiger partial charge in [-0.3, -0.25) is 4.79 Å². The quantitative estimate of drug-likeness (QED) is 0.893. The molecule has 1 aromatic heterocycles. The van der Waals surface area contributed by atoms with E-state index in [-0.39, 0.29) is 16.8 Å². The Morgan fingerprint density at radius 1 is 1.50 bits per heavy atom. The Morgan fingerprint density at radius 3 is 3.20 bits per heavy atom. The predicted octanol–water partition coefficient (Wildman–Crippen LogP) is 2.50. The first-order valence-electron chi connectivity index (χ1n) is 6.07. The second-order valence-corrected chi connectivity index (χ2v) is 4.80. The maximum absolute atomic E-state index is 13.7. The highest BCUT2D eigenvalue weighted by atomic mass is 35.5. The van der Waals surface area contributed by atoms with Crippen molar-refractivity contribution in [3.63, 3.8) is 0 Å². The van der Waals surface area contributed by atoms with Crippen LogP contribution in [0.2, 0.25) is 5.02 Å². The van der Waals surface area contributed by atoms with Crippen LogP contribution in [0.25, 0.3) is 0 Å². The molecular formula is C13H11ClFN3O2. The summed E-state index contributed by atoms with van der Waals surface area (Å²) in [6.07, 6.45) is 2.07. The third-order valence-corrected chi connectivity index (χ3v) is 3.53. The first-order chi connectivity index (χ1) is 9.66. The number of halogens is 2. The zero-order chi connectivity index (χ0) is 14.1. The topological polar surface area (TPSA) is 67.0 Å². The summed E-state index contributed by atoms with van der Waals surface area (Å²) in [7, 11) is 0. The van der Waals surface area contributed by atoms with Gasteiger partial charge in [-0.25, -0.2) is 9.49 Å². The van der Waals surface area contributed by atoms with E-state index >= 15 is 0 Å². The molecule has 3 rings (SSSR count). The molecule has 0 fully saturated rings. The second-order valence-electron chi connectivity index (χ2n) is 4.42. The van der Waals surface area contributed by atoms with Crippen molar-refractivity contribution in [1.82, 2.24) is 10.2 Å². The lowest BCUT2D eigenvalue weighted by atomic mass is 10.00. The Hall–Kier alpha value is -2.08. The minimum absolute atomic E-state index is 0.0319. The molecule has 20 heavy (non-hydrogen) atoms. The Kier molecular flexibility index (Phi) is 3.31. The van der Waals surface area contributed by atoms with Crippen molar-refractivity contribution in [2.45, 2.75) is 12.5 Å². The number of anilines is 1. The number of nitrogens with zero attached hydrogens (tertiary/aromatic N) is 1. The number of hydrogen-bond donors (Lipinski definition) is 2. The number of H-pyrrole nitrogens is 1.